The second-order valence-corrected chi connectivity index (χ2v) is 5.52. The molecule has 8 heteroatoms. The second-order valence-electron chi connectivity index (χ2n) is 5.52. The van der Waals surface area contributed by atoms with E-state index >= 15 is 0 Å². The Hall–Kier alpha value is -2.25. The van der Waals surface area contributed by atoms with E-state index in [1.54, 1.807) is 6.92 Å². The van der Waals surface area contributed by atoms with Crippen LogP contribution in [0.1, 0.15) is 35.6 Å². The van der Waals surface area contributed by atoms with Gasteiger partial charge in [-0.05, 0) is 39.3 Å². The third-order valence-corrected chi connectivity index (χ3v) is 3.49. The van der Waals surface area contributed by atoms with Gasteiger partial charge in [0.15, 0.2) is 0 Å². The van der Waals surface area contributed by atoms with Gasteiger partial charge in [0, 0.05) is 24.5 Å². The molecule has 0 unspecified atom stereocenters. The van der Waals surface area contributed by atoms with Crippen molar-refractivity contribution < 1.29 is 13.6 Å². The van der Waals surface area contributed by atoms with Crippen molar-refractivity contribution >= 4 is 5.91 Å². The number of aromatic nitrogens is 4. The zero-order chi connectivity index (χ0) is 17.0. The Morgan fingerprint density at radius 1 is 1.17 bits per heavy atom. The van der Waals surface area contributed by atoms with E-state index in [-0.39, 0.29) is 18.1 Å². The molecule has 0 saturated carbocycles. The number of carbonyl (C=O) groups is 1. The first-order chi connectivity index (χ1) is 10.9. The number of carbonyl (C=O) groups excluding carboxylic acids is 1. The van der Waals surface area contributed by atoms with Crippen LogP contribution in [0.5, 0.6) is 0 Å². The summed E-state index contributed by atoms with van der Waals surface area (Å²) in [4.78, 5) is 11.8. The zero-order valence-electron chi connectivity index (χ0n) is 13.5. The van der Waals surface area contributed by atoms with E-state index in [1.807, 2.05) is 24.6 Å². The highest BCUT2D eigenvalue weighted by Gasteiger charge is 2.14. The van der Waals surface area contributed by atoms with E-state index in [0.29, 0.717) is 12.2 Å². The highest BCUT2D eigenvalue weighted by molar-refractivity contribution is 5.75. The second kappa shape index (κ2) is 7.34. The normalized spacial score (nSPS) is 11.2. The molecular weight excluding hydrogens is 304 g/mol. The lowest BCUT2D eigenvalue weighted by Crippen LogP contribution is -2.29. The van der Waals surface area contributed by atoms with Crippen molar-refractivity contribution in [2.45, 2.75) is 46.7 Å². The first-order valence-electron chi connectivity index (χ1n) is 7.47. The number of hydrogen-bond donors (Lipinski definition) is 1. The van der Waals surface area contributed by atoms with Crippen molar-refractivity contribution in [1.29, 1.82) is 0 Å². The van der Waals surface area contributed by atoms with Crippen molar-refractivity contribution in [3.8, 4) is 0 Å². The lowest BCUT2D eigenvalue weighted by Gasteiger charge is -2.08. The van der Waals surface area contributed by atoms with Crippen LogP contribution in [0.3, 0.4) is 0 Å². The van der Waals surface area contributed by atoms with E-state index in [0.717, 1.165) is 24.4 Å². The van der Waals surface area contributed by atoms with Gasteiger partial charge in [-0.1, -0.05) is 0 Å². The molecule has 2 rings (SSSR count). The average Bonchev–Trinajstić information content (AvgIpc) is 2.98. The van der Waals surface area contributed by atoms with Crippen LogP contribution in [-0.2, 0) is 17.9 Å². The molecular formula is C15H21F2N5O. The molecule has 0 saturated heterocycles. The SMILES string of the molecule is Cc1cc(C)n(CCCNC(=O)Cn2nc(C(F)F)cc2C)n1. The van der Waals surface area contributed by atoms with Crippen molar-refractivity contribution in [1.82, 2.24) is 24.9 Å². The number of nitrogens with zero attached hydrogens (tertiary/aromatic N) is 4. The van der Waals surface area contributed by atoms with Gasteiger partial charge in [0.1, 0.15) is 12.2 Å². The molecule has 2 aromatic heterocycles. The minimum absolute atomic E-state index is 0.0571. The molecule has 1 N–H and O–H groups in total. The minimum Gasteiger partial charge on any atom is -0.354 e. The van der Waals surface area contributed by atoms with E-state index in [9.17, 15) is 13.6 Å². The average molecular weight is 325 g/mol. The molecule has 0 radical (unpaired) electrons. The predicted molar refractivity (Wildman–Crippen MR) is 81.2 cm³/mol. The summed E-state index contributed by atoms with van der Waals surface area (Å²) in [6.45, 7) is 6.73. The molecule has 1 amide bonds. The van der Waals surface area contributed by atoms with Gasteiger partial charge in [0.2, 0.25) is 5.91 Å². The Balaban J connectivity index is 1.76. The molecule has 2 heterocycles. The first kappa shape index (κ1) is 17.1. The molecule has 0 atom stereocenters. The summed E-state index contributed by atoms with van der Waals surface area (Å²) in [7, 11) is 0. The largest absolute Gasteiger partial charge is 0.354 e. The number of amides is 1. The number of halogens is 2. The van der Waals surface area contributed by atoms with E-state index in [2.05, 4.69) is 15.5 Å². The molecule has 0 aliphatic rings. The Morgan fingerprint density at radius 2 is 1.87 bits per heavy atom. The summed E-state index contributed by atoms with van der Waals surface area (Å²) < 4.78 is 28.3. The molecule has 0 aromatic carbocycles. The highest BCUT2D eigenvalue weighted by atomic mass is 19.3. The van der Waals surface area contributed by atoms with Crippen LogP contribution in [0.4, 0.5) is 8.78 Å². The number of hydrogen-bond acceptors (Lipinski definition) is 3. The molecule has 0 fully saturated rings. The number of nitrogens with one attached hydrogen (secondary N) is 1. The summed E-state index contributed by atoms with van der Waals surface area (Å²) in [5.41, 5.74) is 2.29. The maximum atomic E-state index is 12.6. The molecule has 2 aromatic rings. The van der Waals surface area contributed by atoms with Crippen LogP contribution < -0.4 is 5.32 Å². The van der Waals surface area contributed by atoms with Gasteiger partial charge in [0.05, 0.1) is 5.69 Å². The molecule has 23 heavy (non-hydrogen) atoms. The van der Waals surface area contributed by atoms with Crippen molar-refractivity contribution in [3.05, 3.63) is 34.9 Å². The van der Waals surface area contributed by atoms with Crippen LogP contribution >= 0.6 is 0 Å². The smallest absolute Gasteiger partial charge is 0.282 e. The van der Waals surface area contributed by atoms with E-state index in [1.165, 1.54) is 10.7 Å². The van der Waals surface area contributed by atoms with Gasteiger partial charge >= 0.3 is 0 Å². The third kappa shape index (κ3) is 4.61. The maximum absolute atomic E-state index is 12.6. The van der Waals surface area contributed by atoms with Crippen LogP contribution in [0, 0.1) is 20.8 Å². The Bertz CT molecular complexity index is 677. The first-order valence-corrected chi connectivity index (χ1v) is 7.47. The van der Waals surface area contributed by atoms with Gasteiger partial charge in [0.25, 0.3) is 6.43 Å². The Morgan fingerprint density at radius 3 is 2.43 bits per heavy atom. The van der Waals surface area contributed by atoms with Gasteiger partial charge in [-0.25, -0.2) is 8.78 Å². The van der Waals surface area contributed by atoms with Crippen LogP contribution in [0.2, 0.25) is 0 Å². The number of alkyl halides is 2. The summed E-state index contributed by atoms with van der Waals surface area (Å²) in [5, 5.41) is 10.8. The lowest BCUT2D eigenvalue weighted by molar-refractivity contribution is -0.121. The summed E-state index contributed by atoms with van der Waals surface area (Å²) in [6, 6.07) is 3.29. The van der Waals surface area contributed by atoms with E-state index in [4.69, 9.17) is 0 Å². The Labute approximate surface area is 133 Å². The summed E-state index contributed by atoms with van der Waals surface area (Å²) in [5.74, 6) is -0.245. The summed E-state index contributed by atoms with van der Waals surface area (Å²) in [6.07, 6.45) is -1.88. The highest BCUT2D eigenvalue weighted by Crippen LogP contribution is 2.17. The summed E-state index contributed by atoms with van der Waals surface area (Å²) >= 11 is 0. The van der Waals surface area contributed by atoms with Crippen LogP contribution in [-0.4, -0.2) is 32.0 Å². The molecule has 126 valence electrons. The van der Waals surface area contributed by atoms with Crippen molar-refractivity contribution in [2.75, 3.05) is 6.54 Å². The quantitative estimate of drug-likeness (QED) is 0.793. The van der Waals surface area contributed by atoms with Crippen molar-refractivity contribution in [2.24, 2.45) is 0 Å². The van der Waals surface area contributed by atoms with Gasteiger partial charge in [-0.15, -0.1) is 0 Å². The molecule has 0 aliphatic carbocycles. The van der Waals surface area contributed by atoms with Crippen LogP contribution in [0.25, 0.3) is 0 Å². The molecule has 0 bridgehead atoms. The molecule has 0 aliphatic heterocycles. The van der Waals surface area contributed by atoms with E-state index < -0.39 is 6.43 Å². The van der Waals surface area contributed by atoms with Gasteiger partial charge in [-0.2, -0.15) is 10.2 Å². The maximum Gasteiger partial charge on any atom is 0.282 e. The third-order valence-electron chi connectivity index (χ3n) is 3.49. The molecule has 6 nitrogen and oxygen atoms in total. The Kier molecular flexibility index (Phi) is 5.46. The van der Waals surface area contributed by atoms with Gasteiger partial charge < -0.3 is 5.32 Å². The fraction of sp³-hybridized carbons (Fsp3) is 0.533. The number of rotatable bonds is 7. The lowest BCUT2D eigenvalue weighted by atomic mass is 10.3. The predicted octanol–water partition coefficient (Wildman–Crippen LogP) is 2.15. The van der Waals surface area contributed by atoms with Crippen molar-refractivity contribution in [3.63, 3.8) is 0 Å². The zero-order valence-corrected chi connectivity index (χ0v) is 13.5. The minimum atomic E-state index is -2.63. The fourth-order valence-electron chi connectivity index (χ4n) is 2.35. The monoisotopic (exact) mass is 325 g/mol. The van der Waals surface area contributed by atoms with Crippen LogP contribution in [0.15, 0.2) is 12.1 Å². The topological polar surface area (TPSA) is 64.7 Å². The molecule has 0 spiro atoms. The number of aryl methyl sites for hydroxylation is 4. The van der Waals surface area contributed by atoms with Gasteiger partial charge in [-0.3, -0.25) is 14.2 Å². The fourth-order valence-corrected chi connectivity index (χ4v) is 2.35. The standard InChI is InChI=1S/C15H21F2N5O/c1-10-7-11(2)21(19-10)6-4-5-18-14(23)9-22-12(3)8-13(20-22)15(16)17/h7-8,15H,4-6,9H2,1-3H3,(H,18,23).